The van der Waals surface area contributed by atoms with Gasteiger partial charge in [0.25, 0.3) is 0 Å². The third-order valence-corrected chi connectivity index (χ3v) is 3.79. The summed E-state index contributed by atoms with van der Waals surface area (Å²) in [6.45, 7) is 0. The molecule has 1 amide bonds. The van der Waals surface area contributed by atoms with Gasteiger partial charge in [0.05, 0.1) is 5.56 Å². The summed E-state index contributed by atoms with van der Waals surface area (Å²) in [4.78, 5) is 12.4. The summed E-state index contributed by atoms with van der Waals surface area (Å²) in [5.74, 6) is 0. The van der Waals surface area contributed by atoms with Gasteiger partial charge in [0.1, 0.15) is 0 Å². The Morgan fingerprint density at radius 2 is 1.74 bits per heavy atom. The first-order valence-corrected chi connectivity index (χ1v) is 7.17. The topological polar surface area (TPSA) is 40.5 Å². The van der Waals surface area contributed by atoms with E-state index in [-0.39, 0.29) is 17.3 Å². The molecule has 1 saturated carbocycles. The number of hydrogen-bond acceptors (Lipinski definition) is 1. The molecule has 0 aromatic heterocycles. The van der Waals surface area contributed by atoms with Gasteiger partial charge in [0.15, 0.2) is 0 Å². The lowest BCUT2D eigenvalue weighted by atomic mass is 9.98. The maximum Gasteiger partial charge on any atom is 0.417 e. The van der Waals surface area contributed by atoms with Crippen molar-refractivity contribution in [1.82, 2.24) is 0 Å². The molecule has 1 N–H and O–H groups in total. The van der Waals surface area contributed by atoms with E-state index in [2.05, 4.69) is 0 Å². The molecule has 1 aliphatic carbocycles. The van der Waals surface area contributed by atoms with E-state index in [1.807, 2.05) is 0 Å². The van der Waals surface area contributed by atoms with Crippen LogP contribution < -0.4 is 4.90 Å². The average Bonchev–Trinajstić information content (AvgIpc) is 3.32. The fraction of sp³-hybridized carbons (Fsp3) is 0.235. The van der Waals surface area contributed by atoms with Gasteiger partial charge in [-0.2, -0.15) is 13.2 Å². The van der Waals surface area contributed by atoms with Crippen molar-refractivity contribution in [3.8, 4) is 11.1 Å². The van der Waals surface area contributed by atoms with Crippen molar-refractivity contribution in [1.29, 1.82) is 0 Å². The van der Waals surface area contributed by atoms with Crippen molar-refractivity contribution in [2.75, 3.05) is 4.90 Å². The molecule has 1 aliphatic rings. The standard InChI is InChI=1S/C17H14F3NO2/c18-17(19,20)15-10-13(21(16(22)23)12-6-7-12)8-9-14(15)11-4-2-1-3-5-11/h1-5,8-10,12H,6-7H2,(H,22,23). The highest BCUT2D eigenvalue weighted by Gasteiger charge is 2.37. The van der Waals surface area contributed by atoms with Crippen LogP contribution in [0.3, 0.4) is 0 Å². The third-order valence-electron chi connectivity index (χ3n) is 3.79. The van der Waals surface area contributed by atoms with E-state index in [0.29, 0.717) is 18.4 Å². The van der Waals surface area contributed by atoms with Crippen LogP contribution in [0.25, 0.3) is 11.1 Å². The first-order valence-electron chi connectivity index (χ1n) is 7.17. The van der Waals surface area contributed by atoms with E-state index in [1.165, 1.54) is 12.1 Å². The lowest BCUT2D eigenvalue weighted by Gasteiger charge is -2.21. The maximum atomic E-state index is 13.4. The quantitative estimate of drug-likeness (QED) is 0.862. The van der Waals surface area contributed by atoms with Crippen LogP contribution in [-0.2, 0) is 6.18 Å². The van der Waals surface area contributed by atoms with Gasteiger partial charge in [-0.25, -0.2) is 4.79 Å². The minimum atomic E-state index is -4.56. The van der Waals surface area contributed by atoms with Crippen LogP contribution in [-0.4, -0.2) is 17.2 Å². The van der Waals surface area contributed by atoms with Crippen molar-refractivity contribution in [2.24, 2.45) is 0 Å². The van der Waals surface area contributed by atoms with E-state index in [0.717, 1.165) is 11.0 Å². The minimum Gasteiger partial charge on any atom is -0.465 e. The molecule has 2 aromatic rings. The first kappa shape index (κ1) is 15.4. The molecule has 23 heavy (non-hydrogen) atoms. The molecule has 0 bridgehead atoms. The Morgan fingerprint density at radius 1 is 1.09 bits per heavy atom. The molecule has 0 saturated heterocycles. The van der Waals surface area contributed by atoms with E-state index in [1.54, 1.807) is 30.3 Å². The fourth-order valence-electron chi connectivity index (χ4n) is 2.60. The third kappa shape index (κ3) is 3.16. The number of carboxylic acid groups (broad SMARTS) is 1. The second-order valence-electron chi connectivity index (χ2n) is 5.48. The molecule has 0 unspecified atom stereocenters. The normalized spacial score (nSPS) is 14.6. The number of rotatable bonds is 3. The summed E-state index contributed by atoms with van der Waals surface area (Å²) in [7, 11) is 0. The number of halogens is 3. The SMILES string of the molecule is O=C(O)N(c1ccc(-c2ccccc2)c(C(F)(F)F)c1)C1CC1. The van der Waals surface area contributed by atoms with Gasteiger partial charge in [-0.1, -0.05) is 36.4 Å². The van der Waals surface area contributed by atoms with Gasteiger partial charge in [-0.05, 0) is 36.1 Å². The Labute approximate surface area is 131 Å². The number of anilines is 1. The molecule has 0 heterocycles. The zero-order valence-electron chi connectivity index (χ0n) is 12.0. The zero-order chi connectivity index (χ0) is 16.6. The van der Waals surface area contributed by atoms with Gasteiger partial charge in [0.2, 0.25) is 0 Å². The molecule has 3 nitrogen and oxygen atoms in total. The largest absolute Gasteiger partial charge is 0.465 e. The molecule has 0 aliphatic heterocycles. The molecule has 6 heteroatoms. The van der Waals surface area contributed by atoms with Gasteiger partial charge in [-0.15, -0.1) is 0 Å². The smallest absolute Gasteiger partial charge is 0.417 e. The van der Waals surface area contributed by atoms with Gasteiger partial charge >= 0.3 is 12.3 Å². The molecular weight excluding hydrogens is 307 g/mol. The number of hydrogen-bond donors (Lipinski definition) is 1. The molecule has 0 radical (unpaired) electrons. The lowest BCUT2D eigenvalue weighted by molar-refractivity contribution is -0.137. The molecule has 2 aromatic carbocycles. The van der Waals surface area contributed by atoms with Crippen molar-refractivity contribution >= 4 is 11.8 Å². The summed E-state index contributed by atoms with van der Waals surface area (Å²) >= 11 is 0. The van der Waals surface area contributed by atoms with E-state index in [4.69, 9.17) is 0 Å². The Kier molecular flexibility index (Phi) is 3.75. The summed E-state index contributed by atoms with van der Waals surface area (Å²) < 4.78 is 40.3. The molecular formula is C17H14F3NO2. The summed E-state index contributed by atoms with van der Waals surface area (Å²) in [6.07, 6.45) is -4.44. The predicted molar refractivity (Wildman–Crippen MR) is 80.4 cm³/mol. The molecule has 120 valence electrons. The molecule has 0 spiro atoms. The molecule has 3 rings (SSSR count). The van der Waals surface area contributed by atoms with Crippen LogP contribution in [0.4, 0.5) is 23.7 Å². The van der Waals surface area contributed by atoms with Crippen LogP contribution >= 0.6 is 0 Å². The highest BCUT2D eigenvalue weighted by Crippen LogP contribution is 2.41. The highest BCUT2D eigenvalue weighted by atomic mass is 19.4. The van der Waals surface area contributed by atoms with Crippen molar-refractivity contribution < 1.29 is 23.1 Å². The number of alkyl halides is 3. The first-order chi connectivity index (χ1) is 10.9. The van der Waals surface area contributed by atoms with Crippen LogP contribution in [0.1, 0.15) is 18.4 Å². The zero-order valence-corrected chi connectivity index (χ0v) is 12.0. The Balaban J connectivity index is 2.11. The summed E-state index contributed by atoms with van der Waals surface area (Å²) in [5.41, 5.74) is -0.275. The average molecular weight is 321 g/mol. The molecule has 1 fully saturated rings. The molecule has 0 atom stereocenters. The van der Waals surface area contributed by atoms with Gasteiger partial charge in [0, 0.05) is 11.7 Å². The lowest BCUT2D eigenvalue weighted by Crippen LogP contribution is -2.31. The van der Waals surface area contributed by atoms with Crippen molar-refractivity contribution in [3.05, 3.63) is 54.1 Å². The maximum absolute atomic E-state index is 13.4. The Hall–Kier alpha value is -2.50. The van der Waals surface area contributed by atoms with E-state index >= 15 is 0 Å². The Bertz CT molecular complexity index is 724. The minimum absolute atomic E-state index is 0.0444. The highest BCUT2D eigenvalue weighted by molar-refractivity contribution is 5.88. The fourth-order valence-corrected chi connectivity index (χ4v) is 2.60. The Morgan fingerprint density at radius 3 is 2.26 bits per heavy atom. The van der Waals surface area contributed by atoms with E-state index in [9.17, 15) is 23.1 Å². The van der Waals surface area contributed by atoms with Crippen LogP contribution in [0.2, 0.25) is 0 Å². The second-order valence-corrected chi connectivity index (χ2v) is 5.48. The number of benzene rings is 2. The van der Waals surface area contributed by atoms with E-state index < -0.39 is 17.8 Å². The van der Waals surface area contributed by atoms with Crippen LogP contribution in [0.15, 0.2) is 48.5 Å². The number of carbonyl (C=O) groups is 1. The predicted octanol–water partition coefficient (Wildman–Crippen LogP) is 5.02. The second kappa shape index (κ2) is 5.61. The monoisotopic (exact) mass is 321 g/mol. The van der Waals surface area contributed by atoms with Crippen molar-refractivity contribution in [3.63, 3.8) is 0 Å². The van der Waals surface area contributed by atoms with Crippen molar-refractivity contribution in [2.45, 2.75) is 25.1 Å². The number of amides is 1. The van der Waals surface area contributed by atoms with Gasteiger partial charge in [-0.3, -0.25) is 4.90 Å². The van der Waals surface area contributed by atoms with Crippen LogP contribution in [0.5, 0.6) is 0 Å². The van der Waals surface area contributed by atoms with Gasteiger partial charge < -0.3 is 5.11 Å². The summed E-state index contributed by atoms with van der Waals surface area (Å²) in [6, 6.07) is 11.7. The summed E-state index contributed by atoms with van der Waals surface area (Å²) in [5, 5.41) is 9.26. The van der Waals surface area contributed by atoms with Crippen LogP contribution in [0, 0.1) is 0 Å². The number of nitrogens with zero attached hydrogens (tertiary/aromatic N) is 1.